The van der Waals surface area contributed by atoms with Crippen molar-refractivity contribution in [3.8, 4) is 11.1 Å². The van der Waals surface area contributed by atoms with Crippen molar-refractivity contribution in [1.82, 2.24) is 9.62 Å². The molecule has 43 heavy (non-hydrogen) atoms. The number of nitrogens with zero attached hydrogens (tertiary/aromatic N) is 1. The average molecular weight is 727 g/mol. The average Bonchev–Trinajstić information content (AvgIpc) is 2.92. The van der Waals surface area contributed by atoms with Crippen molar-refractivity contribution in [1.29, 1.82) is 0 Å². The van der Waals surface area contributed by atoms with Crippen molar-refractivity contribution in [3.63, 3.8) is 0 Å². The second-order valence-corrected chi connectivity index (χ2v) is 13.3. The molecule has 3 aromatic rings. The Kier molecular flexibility index (Phi) is 10.7. The first-order chi connectivity index (χ1) is 20.0. The Morgan fingerprint density at radius 1 is 1.09 bits per heavy atom. The second kappa shape index (κ2) is 13.7. The van der Waals surface area contributed by atoms with Gasteiger partial charge < -0.3 is 10.0 Å². The molecule has 9 nitrogen and oxygen atoms in total. The fourth-order valence-electron chi connectivity index (χ4n) is 5.99. The van der Waals surface area contributed by atoms with Gasteiger partial charge in [0.2, 0.25) is 10.0 Å². The smallest absolute Gasteiger partial charge is 0.335 e. The molecule has 1 saturated carbocycles. The predicted molar refractivity (Wildman–Crippen MR) is 161 cm³/mol. The van der Waals surface area contributed by atoms with Gasteiger partial charge in [0.1, 0.15) is 0 Å². The Bertz CT molecular complexity index is 1650. The Hall–Kier alpha value is -2.43. The third kappa shape index (κ3) is 7.28. The minimum absolute atomic E-state index is 0. The summed E-state index contributed by atoms with van der Waals surface area (Å²) in [5.74, 6) is 4.02. The summed E-state index contributed by atoms with van der Waals surface area (Å²) < 4.78 is 27.2. The van der Waals surface area contributed by atoms with Crippen LogP contribution < -0.4 is 10.6 Å². The van der Waals surface area contributed by atoms with E-state index in [-0.39, 0.29) is 39.1 Å². The summed E-state index contributed by atoms with van der Waals surface area (Å²) in [6.07, 6.45) is 6.00. The molecular formula is C30H30Cl2MoN3O6S-. The number of nitrogens with two attached hydrogens (primary N) is 1. The number of aromatic carboxylic acids is 1. The van der Waals surface area contributed by atoms with E-state index in [1.165, 1.54) is 12.1 Å². The predicted octanol–water partition coefficient (Wildman–Crippen LogP) is 5.36. The number of amides is 1. The van der Waals surface area contributed by atoms with E-state index in [0.29, 0.717) is 50.7 Å². The van der Waals surface area contributed by atoms with Gasteiger partial charge in [-0.1, -0.05) is 65.4 Å². The summed E-state index contributed by atoms with van der Waals surface area (Å²) in [6.45, 7) is -0.0105. The van der Waals surface area contributed by atoms with Crippen LogP contribution in [0.15, 0.2) is 54.6 Å². The molecule has 4 N–H and O–H groups in total. The van der Waals surface area contributed by atoms with Crippen molar-refractivity contribution < 1.29 is 49.0 Å². The molecule has 5 rings (SSSR count). The van der Waals surface area contributed by atoms with Crippen molar-refractivity contribution in [3.05, 3.63) is 98.9 Å². The summed E-state index contributed by atoms with van der Waals surface area (Å²) in [5.41, 5.74) is 3.92. The number of hydrogen-bond donors (Lipinski definition) is 3. The second-order valence-electron chi connectivity index (χ2n) is 10.6. The van der Waals surface area contributed by atoms with Crippen LogP contribution in [0.3, 0.4) is 0 Å². The van der Waals surface area contributed by atoms with Crippen molar-refractivity contribution >= 4 is 45.1 Å². The molecule has 228 valence electrons. The molecule has 0 spiro atoms. The first-order valence-corrected chi connectivity index (χ1v) is 16.0. The van der Waals surface area contributed by atoms with E-state index in [2.05, 4.69) is 4.72 Å². The number of nitrogens with one attached hydrogen (secondary N) is 1. The molecule has 0 saturated heterocycles. The molecule has 1 amide bonds. The van der Waals surface area contributed by atoms with Gasteiger partial charge in [-0.2, -0.15) is 18.1 Å². The van der Waals surface area contributed by atoms with Crippen LogP contribution in [0.25, 0.3) is 11.1 Å². The minimum Gasteiger partial charge on any atom is -0.478 e. The Morgan fingerprint density at radius 3 is 2.49 bits per heavy atom. The van der Waals surface area contributed by atoms with Gasteiger partial charge in [0.15, 0.2) is 5.91 Å². The molecule has 1 heterocycles. The van der Waals surface area contributed by atoms with E-state index in [4.69, 9.17) is 33.9 Å². The SMILES string of the molecule is CS(=O)(=O)N[C@H]1CCCC[C@@H]1N1C(=O)c2ccc(-c3ccc(C(=O)O)cc3CON)cc2[CH-]C1c1ccc(Cl)cc1Cl.[Mo]. The molecule has 1 fully saturated rings. The molecule has 13 heteroatoms. The van der Waals surface area contributed by atoms with Gasteiger partial charge in [0, 0.05) is 49.2 Å². The van der Waals surface area contributed by atoms with Crippen LogP contribution in [-0.2, 0) is 42.5 Å². The van der Waals surface area contributed by atoms with E-state index >= 15 is 0 Å². The third-order valence-corrected chi connectivity index (χ3v) is 9.08. The minimum atomic E-state index is -3.52. The third-order valence-electron chi connectivity index (χ3n) is 7.79. The fraction of sp³-hybridized carbons (Fsp3) is 0.300. The number of benzene rings is 3. The number of carbonyl (C=O) groups is 2. The Labute approximate surface area is 275 Å². The van der Waals surface area contributed by atoms with Crippen LogP contribution >= 0.6 is 23.2 Å². The largest absolute Gasteiger partial charge is 0.478 e. The van der Waals surface area contributed by atoms with Gasteiger partial charge in [-0.25, -0.2) is 23.8 Å². The van der Waals surface area contributed by atoms with Gasteiger partial charge in [-0.3, -0.25) is 9.63 Å². The number of hydrogen-bond acceptors (Lipinski definition) is 6. The molecule has 0 bridgehead atoms. The summed E-state index contributed by atoms with van der Waals surface area (Å²) in [7, 11) is -3.52. The van der Waals surface area contributed by atoms with Crippen LogP contribution in [0, 0.1) is 6.42 Å². The zero-order chi connectivity index (χ0) is 30.2. The maximum atomic E-state index is 14.3. The molecule has 1 aliphatic carbocycles. The van der Waals surface area contributed by atoms with Crippen molar-refractivity contribution in [2.24, 2.45) is 5.90 Å². The Morgan fingerprint density at radius 2 is 1.81 bits per heavy atom. The zero-order valence-corrected chi connectivity index (χ0v) is 27.5. The van der Waals surface area contributed by atoms with Crippen LogP contribution in [0.4, 0.5) is 0 Å². The van der Waals surface area contributed by atoms with Gasteiger partial charge in [-0.15, -0.1) is 6.07 Å². The molecule has 2 aliphatic rings. The normalized spacial score (nSPS) is 20.1. The van der Waals surface area contributed by atoms with Crippen molar-refractivity contribution in [2.45, 2.75) is 50.4 Å². The maximum absolute atomic E-state index is 14.3. The van der Waals surface area contributed by atoms with Crippen LogP contribution in [-0.4, -0.2) is 48.6 Å². The van der Waals surface area contributed by atoms with E-state index < -0.39 is 34.1 Å². The molecule has 3 atom stereocenters. The first-order valence-electron chi connectivity index (χ1n) is 13.4. The molecule has 1 aliphatic heterocycles. The first kappa shape index (κ1) is 33.5. The summed E-state index contributed by atoms with van der Waals surface area (Å²) >= 11 is 12.9. The van der Waals surface area contributed by atoms with E-state index in [9.17, 15) is 23.1 Å². The topological polar surface area (TPSA) is 139 Å². The standard InChI is InChI=1S/C30H30Cl2N3O6S.Mo/c1-42(39,40)34-26-4-2-3-5-27(26)35-28(24-11-8-21(31)15-25(24)32)14-19-12-17(6-10-23(19)29(35)36)22-9-7-18(30(37)38)13-20(22)16-41-33;/h6-15,26-28,34H,2-5,16,33H2,1H3,(H,37,38);/q-1;/t26-,27-,28?;/m0./s1. The number of carboxylic acids is 1. The van der Waals surface area contributed by atoms with Crippen LogP contribution in [0.1, 0.15) is 69.1 Å². The van der Waals surface area contributed by atoms with Crippen molar-refractivity contribution in [2.75, 3.05) is 6.26 Å². The van der Waals surface area contributed by atoms with E-state index in [1.807, 2.05) is 12.5 Å². The van der Waals surface area contributed by atoms with Gasteiger partial charge in [-0.05, 0) is 53.8 Å². The molecule has 0 radical (unpaired) electrons. The molecular weight excluding hydrogens is 697 g/mol. The quantitative estimate of drug-likeness (QED) is 0.162. The fourth-order valence-corrected chi connectivity index (χ4v) is 7.34. The van der Waals surface area contributed by atoms with Gasteiger partial charge in [0.05, 0.1) is 18.4 Å². The number of sulfonamides is 1. The number of carbonyl (C=O) groups excluding carboxylic acids is 1. The summed E-state index contributed by atoms with van der Waals surface area (Å²) in [6, 6.07) is 13.7. The molecule has 1 unspecified atom stereocenters. The van der Waals surface area contributed by atoms with E-state index in [1.54, 1.807) is 41.3 Å². The van der Waals surface area contributed by atoms with Crippen LogP contribution in [0.5, 0.6) is 0 Å². The number of halogens is 2. The molecule has 0 aromatic heterocycles. The number of rotatable bonds is 8. The molecule has 3 aromatic carbocycles. The number of fused-ring (bicyclic) bond motifs is 1. The van der Waals surface area contributed by atoms with Gasteiger partial charge in [0.25, 0.3) is 0 Å². The van der Waals surface area contributed by atoms with Gasteiger partial charge >= 0.3 is 5.97 Å². The Balaban J connectivity index is 0.00000423. The monoisotopic (exact) mass is 728 g/mol. The summed E-state index contributed by atoms with van der Waals surface area (Å²) in [4.78, 5) is 32.4. The maximum Gasteiger partial charge on any atom is 0.335 e. The zero-order valence-electron chi connectivity index (χ0n) is 23.1. The number of carboxylic acid groups (broad SMARTS) is 1. The van der Waals surface area contributed by atoms with Crippen LogP contribution in [0.2, 0.25) is 10.0 Å². The van der Waals surface area contributed by atoms with E-state index in [0.717, 1.165) is 24.7 Å². The summed E-state index contributed by atoms with van der Waals surface area (Å²) in [5, 5.41) is 10.3.